The van der Waals surface area contributed by atoms with Crippen LogP contribution in [0.4, 0.5) is 10.5 Å². The number of carbonyl (C=O) groups is 3. The van der Waals surface area contributed by atoms with Gasteiger partial charge >= 0.3 is 12.1 Å². The van der Waals surface area contributed by atoms with E-state index >= 15 is 0 Å². The van der Waals surface area contributed by atoms with E-state index < -0.39 is 23.7 Å². The zero-order valence-corrected chi connectivity index (χ0v) is 25.9. The summed E-state index contributed by atoms with van der Waals surface area (Å²) in [6, 6.07) is 13.3. The molecule has 0 saturated heterocycles. The van der Waals surface area contributed by atoms with Crippen molar-refractivity contribution in [3.8, 4) is 0 Å². The Kier molecular flexibility index (Phi) is 12.1. The van der Waals surface area contributed by atoms with Crippen molar-refractivity contribution >= 4 is 35.3 Å². The number of amides is 1. The van der Waals surface area contributed by atoms with Crippen molar-refractivity contribution in [2.24, 2.45) is 5.92 Å². The number of ketones is 1. The van der Waals surface area contributed by atoms with E-state index in [4.69, 9.17) is 4.74 Å². The average molecular weight is 583 g/mol. The lowest BCUT2D eigenvalue weighted by atomic mass is 9.93. The third-order valence-electron chi connectivity index (χ3n) is 7.31. The molecule has 0 bridgehead atoms. The number of anilines is 1. The highest BCUT2D eigenvalue weighted by molar-refractivity contribution is 7.98. The third-order valence-corrected chi connectivity index (χ3v) is 8.42. The Balaban J connectivity index is 1.54. The van der Waals surface area contributed by atoms with Gasteiger partial charge in [0.25, 0.3) is 0 Å². The van der Waals surface area contributed by atoms with Gasteiger partial charge in [-0.25, -0.2) is 9.59 Å². The Labute approximate surface area is 249 Å². The zero-order chi connectivity index (χ0) is 30.0. The highest BCUT2D eigenvalue weighted by atomic mass is 32.2. The van der Waals surface area contributed by atoms with E-state index in [-0.39, 0.29) is 11.5 Å². The number of rotatable bonds is 14. The first-order valence-electron chi connectivity index (χ1n) is 14.7. The summed E-state index contributed by atoms with van der Waals surface area (Å²) in [5.74, 6) is 1.01. The fourth-order valence-corrected chi connectivity index (χ4v) is 5.95. The van der Waals surface area contributed by atoms with Gasteiger partial charge in [-0.3, -0.25) is 4.79 Å². The molecule has 1 atom stereocenters. The van der Waals surface area contributed by atoms with Crippen molar-refractivity contribution < 1.29 is 24.2 Å². The second-order valence-electron chi connectivity index (χ2n) is 12.3. The molecule has 2 aromatic carbocycles. The molecule has 3 N–H and O–H groups in total. The molecular formula is C33H46N2O5S. The van der Waals surface area contributed by atoms with E-state index in [1.165, 1.54) is 43.0 Å². The molecule has 1 aliphatic rings. The molecule has 0 heterocycles. The first-order valence-corrected chi connectivity index (χ1v) is 15.9. The summed E-state index contributed by atoms with van der Waals surface area (Å²) in [7, 11) is 0. The summed E-state index contributed by atoms with van der Waals surface area (Å²) in [5, 5.41) is 15.4. The predicted octanol–water partition coefficient (Wildman–Crippen LogP) is 7.79. The molecule has 0 spiro atoms. The highest BCUT2D eigenvalue weighted by Gasteiger charge is 2.24. The first-order chi connectivity index (χ1) is 19.4. The molecule has 1 aliphatic carbocycles. The van der Waals surface area contributed by atoms with E-state index in [0.717, 1.165) is 28.8 Å². The normalized spacial score (nSPS) is 14.6. The maximum Gasteiger partial charge on any atom is 0.408 e. The van der Waals surface area contributed by atoms with Crippen LogP contribution in [-0.2, 0) is 21.8 Å². The Hall–Kier alpha value is -3.00. The maximum atomic E-state index is 13.3. The SMILES string of the molecule is CC(C)c1ccc(NCc2ccc(CSC[C@H](NC(=O)OC(C)(C)C)C(=O)O)cc2)c(C(=O)CCC2CCCC2)c1. The minimum Gasteiger partial charge on any atom is -0.480 e. The van der Waals surface area contributed by atoms with Crippen LogP contribution in [0.15, 0.2) is 42.5 Å². The number of carbonyl (C=O) groups excluding carboxylic acids is 2. The number of aliphatic carboxylic acids is 1. The number of carboxylic acids is 1. The van der Waals surface area contributed by atoms with Gasteiger partial charge in [-0.1, -0.05) is 69.9 Å². The monoisotopic (exact) mass is 582 g/mol. The van der Waals surface area contributed by atoms with Gasteiger partial charge in [0.15, 0.2) is 5.78 Å². The summed E-state index contributed by atoms with van der Waals surface area (Å²) in [6.45, 7) is 10.1. The number of alkyl carbamates (subject to hydrolysis) is 1. The molecule has 3 rings (SSSR count). The van der Waals surface area contributed by atoms with E-state index in [1.54, 1.807) is 20.8 Å². The van der Waals surface area contributed by atoms with Crippen LogP contribution in [-0.4, -0.2) is 40.3 Å². The number of thioether (sulfide) groups is 1. The smallest absolute Gasteiger partial charge is 0.408 e. The van der Waals surface area contributed by atoms with Crippen molar-refractivity contribution in [1.29, 1.82) is 0 Å². The van der Waals surface area contributed by atoms with Crippen LogP contribution in [0.3, 0.4) is 0 Å². The van der Waals surface area contributed by atoms with Crippen LogP contribution >= 0.6 is 11.8 Å². The summed E-state index contributed by atoms with van der Waals surface area (Å²) in [4.78, 5) is 36.8. The predicted molar refractivity (Wildman–Crippen MR) is 167 cm³/mol. The molecule has 1 amide bonds. The van der Waals surface area contributed by atoms with Crippen molar-refractivity contribution in [2.45, 2.75) is 103 Å². The molecule has 0 aromatic heterocycles. The van der Waals surface area contributed by atoms with E-state index in [2.05, 4.69) is 36.6 Å². The van der Waals surface area contributed by atoms with Crippen molar-refractivity contribution in [1.82, 2.24) is 5.32 Å². The van der Waals surface area contributed by atoms with Crippen LogP contribution in [0.5, 0.6) is 0 Å². The molecule has 224 valence electrons. The minimum absolute atomic E-state index is 0.218. The van der Waals surface area contributed by atoms with Crippen LogP contribution < -0.4 is 10.6 Å². The summed E-state index contributed by atoms with van der Waals surface area (Å²) >= 11 is 1.44. The molecule has 1 fully saturated rings. The van der Waals surface area contributed by atoms with Crippen molar-refractivity contribution in [3.63, 3.8) is 0 Å². The number of hydrogen-bond acceptors (Lipinski definition) is 6. The molecule has 0 unspecified atom stereocenters. The van der Waals surface area contributed by atoms with Gasteiger partial charge in [-0.05, 0) is 67.9 Å². The minimum atomic E-state index is -1.09. The Morgan fingerprint density at radius 1 is 1.02 bits per heavy atom. The summed E-state index contributed by atoms with van der Waals surface area (Å²) < 4.78 is 5.17. The number of nitrogens with one attached hydrogen (secondary N) is 2. The van der Waals surface area contributed by atoms with E-state index in [1.807, 2.05) is 30.3 Å². The molecule has 0 aliphatic heterocycles. The molecule has 2 aromatic rings. The molecule has 8 heteroatoms. The lowest BCUT2D eigenvalue weighted by molar-refractivity contribution is -0.138. The van der Waals surface area contributed by atoms with Crippen LogP contribution in [0.2, 0.25) is 0 Å². The second-order valence-corrected chi connectivity index (χ2v) is 13.3. The lowest BCUT2D eigenvalue weighted by Crippen LogP contribution is -2.44. The Morgan fingerprint density at radius 2 is 1.68 bits per heavy atom. The number of benzene rings is 2. The molecule has 7 nitrogen and oxygen atoms in total. The van der Waals surface area contributed by atoms with Crippen LogP contribution in [0.1, 0.15) is 106 Å². The van der Waals surface area contributed by atoms with Crippen LogP contribution in [0, 0.1) is 5.92 Å². The van der Waals surface area contributed by atoms with Gasteiger partial charge < -0.3 is 20.5 Å². The fraction of sp³-hybridized carbons (Fsp3) is 0.545. The number of Topliss-reactive ketones (excluding diaryl/α,β-unsaturated/α-hetero) is 1. The Bertz CT molecular complexity index is 1170. The average Bonchev–Trinajstić information content (AvgIpc) is 3.43. The van der Waals surface area contributed by atoms with Gasteiger partial charge in [0.2, 0.25) is 0 Å². The fourth-order valence-electron chi connectivity index (χ4n) is 4.94. The van der Waals surface area contributed by atoms with Gasteiger partial charge in [0.05, 0.1) is 0 Å². The van der Waals surface area contributed by atoms with Gasteiger partial charge in [0.1, 0.15) is 11.6 Å². The Morgan fingerprint density at radius 3 is 2.29 bits per heavy atom. The lowest BCUT2D eigenvalue weighted by Gasteiger charge is -2.21. The largest absolute Gasteiger partial charge is 0.480 e. The van der Waals surface area contributed by atoms with E-state index in [9.17, 15) is 19.5 Å². The van der Waals surface area contributed by atoms with Crippen molar-refractivity contribution in [2.75, 3.05) is 11.1 Å². The summed E-state index contributed by atoms with van der Waals surface area (Å²) in [6.07, 6.45) is 5.93. The van der Waals surface area contributed by atoms with Crippen LogP contribution in [0.25, 0.3) is 0 Å². The third kappa shape index (κ3) is 11.1. The molecular weight excluding hydrogens is 536 g/mol. The topological polar surface area (TPSA) is 105 Å². The van der Waals surface area contributed by atoms with E-state index in [0.29, 0.717) is 30.6 Å². The van der Waals surface area contributed by atoms with Gasteiger partial charge in [-0.2, -0.15) is 11.8 Å². The first kappa shape index (κ1) is 32.5. The standard InChI is InChI=1S/C33H46N2O5S/c1-22(2)26-15-16-28(27(18-26)30(36)17-14-23-8-6-7-9-23)34-19-24-10-12-25(13-11-24)20-41-21-29(31(37)38)35-32(39)40-33(3,4)5/h10-13,15-16,18,22-23,29,34H,6-9,14,17,19-21H2,1-5H3,(H,35,39)(H,37,38)/t29-/m0/s1. The van der Waals surface area contributed by atoms with Gasteiger partial charge in [0, 0.05) is 35.7 Å². The molecule has 1 saturated carbocycles. The van der Waals surface area contributed by atoms with Crippen molar-refractivity contribution in [3.05, 3.63) is 64.7 Å². The quantitative estimate of drug-likeness (QED) is 0.195. The van der Waals surface area contributed by atoms with Gasteiger partial charge in [-0.15, -0.1) is 0 Å². The maximum absolute atomic E-state index is 13.3. The highest BCUT2D eigenvalue weighted by Crippen LogP contribution is 2.31. The number of hydrogen-bond donors (Lipinski definition) is 3. The molecule has 41 heavy (non-hydrogen) atoms. The second kappa shape index (κ2) is 15.3. The number of carboxylic acid groups (broad SMARTS) is 1. The molecule has 0 radical (unpaired) electrons. The zero-order valence-electron chi connectivity index (χ0n) is 25.1. The summed E-state index contributed by atoms with van der Waals surface area (Å²) in [5.41, 5.74) is 4.29. The number of ether oxygens (including phenoxy) is 1.